The third kappa shape index (κ3) is 4.14. The summed E-state index contributed by atoms with van der Waals surface area (Å²) in [5.74, 6) is -0.251. The molecule has 1 aromatic rings. The van der Waals surface area contributed by atoms with Gasteiger partial charge in [-0.3, -0.25) is 9.59 Å². The first-order chi connectivity index (χ1) is 8.02. The van der Waals surface area contributed by atoms with Crippen LogP contribution >= 0.6 is 11.5 Å². The van der Waals surface area contributed by atoms with Crippen molar-refractivity contribution >= 4 is 28.2 Å². The average Bonchev–Trinajstić information content (AvgIpc) is 2.59. The number of aromatic nitrogens is 1. The van der Waals surface area contributed by atoms with Crippen LogP contribution in [0.2, 0.25) is 0 Å². The maximum Gasteiger partial charge on any atom is 0.217 e. The van der Waals surface area contributed by atoms with Gasteiger partial charge in [0.25, 0.3) is 0 Å². The van der Waals surface area contributed by atoms with Gasteiger partial charge in [0.15, 0.2) is 5.78 Å². The molecule has 0 fully saturated rings. The highest BCUT2D eigenvalue weighted by Gasteiger charge is 2.13. The van der Waals surface area contributed by atoms with E-state index in [1.807, 2.05) is 6.92 Å². The second-order valence-corrected chi connectivity index (χ2v) is 4.65. The summed E-state index contributed by atoms with van der Waals surface area (Å²) < 4.78 is 4.15. The van der Waals surface area contributed by atoms with Crippen molar-refractivity contribution in [1.82, 2.24) is 4.37 Å². The normalized spacial score (nSPS) is 10.2. The fraction of sp³-hybridized carbons (Fsp3) is 0.545. The third-order valence-electron chi connectivity index (χ3n) is 2.35. The van der Waals surface area contributed by atoms with Gasteiger partial charge in [0, 0.05) is 13.0 Å². The van der Waals surface area contributed by atoms with Crippen LogP contribution in [0.4, 0.5) is 5.00 Å². The minimum Gasteiger partial charge on any atom is -0.375 e. The number of unbranched alkanes of at least 4 members (excludes halogenated alkanes) is 1. The summed E-state index contributed by atoms with van der Waals surface area (Å²) in [5, 5.41) is 3.99. The maximum atomic E-state index is 11.4. The van der Waals surface area contributed by atoms with E-state index >= 15 is 0 Å². The molecule has 0 spiro atoms. The van der Waals surface area contributed by atoms with Crippen LogP contribution in [-0.2, 0) is 4.79 Å². The van der Waals surface area contributed by atoms with Crippen LogP contribution in [0, 0.1) is 6.92 Å². The van der Waals surface area contributed by atoms with Crippen molar-refractivity contribution in [3.05, 3.63) is 11.3 Å². The Labute approximate surface area is 105 Å². The molecule has 0 unspecified atom stereocenters. The minimum atomic E-state index is -0.275. The fourth-order valence-electron chi connectivity index (χ4n) is 1.53. The fourth-order valence-corrected chi connectivity index (χ4v) is 2.40. The van der Waals surface area contributed by atoms with E-state index in [2.05, 4.69) is 9.69 Å². The van der Waals surface area contributed by atoms with E-state index in [0.717, 1.165) is 30.1 Å². The lowest BCUT2D eigenvalue weighted by atomic mass is 10.2. The lowest BCUT2D eigenvalue weighted by Gasteiger charge is -2.04. The van der Waals surface area contributed by atoms with Gasteiger partial charge in [-0.25, -0.2) is 0 Å². The van der Waals surface area contributed by atoms with Gasteiger partial charge < -0.3 is 11.1 Å². The molecule has 0 saturated heterocycles. The predicted molar refractivity (Wildman–Crippen MR) is 68.4 cm³/mol. The summed E-state index contributed by atoms with van der Waals surface area (Å²) >= 11 is 1.30. The summed E-state index contributed by atoms with van der Waals surface area (Å²) in [6.07, 6.45) is 2.01. The molecule has 5 nitrogen and oxygen atoms in total. The SMILES string of the molecule is CC(=O)c1c(C)nsc1NCCCCC(N)=O. The predicted octanol–water partition coefficient (Wildman–Crippen LogP) is 1.72. The number of Topliss-reactive ketones (excluding diaryl/α,β-unsaturated/α-hetero) is 1. The summed E-state index contributed by atoms with van der Waals surface area (Å²) in [4.78, 5) is 21.9. The number of primary amides is 1. The first kappa shape index (κ1) is 13.6. The molecular formula is C11H17N3O2S. The zero-order valence-electron chi connectivity index (χ0n) is 10.1. The van der Waals surface area contributed by atoms with E-state index in [0.29, 0.717) is 12.0 Å². The molecule has 0 aliphatic heterocycles. The Morgan fingerprint density at radius 1 is 1.41 bits per heavy atom. The van der Waals surface area contributed by atoms with E-state index in [1.165, 1.54) is 18.5 Å². The topological polar surface area (TPSA) is 85.1 Å². The quantitative estimate of drug-likeness (QED) is 0.574. The number of carbonyl (C=O) groups is 2. The lowest BCUT2D eigenvalue weighted by Crippen LogP contribution is -2.11. The highest BCUT2D eigenvalue weighted by molar-refractivity contribution is 7.10. The van der Waals surface area contributed by atoms with Gasteiger partial charge in [-0.05, 0) is 38.2 Å². The maximum absolute atomic E-state index is 11.4. The molecule has 1 heterocycles. The third-order valence-corrected chi connectivity index (χ3v) is 3.25. The number of nitrogens with two attached hydrogens (primary N) is 1. The highest BCUT2D eigenvalue weighted by atomic mass is 32.1. The number of rotatable bonds is 7. The summed E-state index contributed by atoms with van der Waals surface area (Å²) in [6.45, 7) is 4.08. The van der Waals surface area contributed by atoms with Gasteiger partial charge in [0.2, 0.25) is 5.91 Å². The van der Waals surface area contributed by atoms with Crippen molar-refractivity contribution in [3.63, 3.8) is 0 Å². The number of aryl methyl sites for hydroxylation is 1. The summed E-state index contributed by atoms with van der Waals surface area (Å²) in [6, 6.07) is 0. The van der Waals surface area contributed by atoms with Crippen LogP contribution in [0.1, 0.15) is 42.2 Å². The highest BCUT2D eigenvalue weighted by Crippen LogP contribution is 2.24. The smallest absolute Gasteiger partial charge is 0.217 e. The first-order valence-corrected chi connectivity index (χ1v) is 6.29. The molecule has 6 heteroatoms. The lowest BCUT2D eigenvalue weighted by molar-refractivity contribution is -0.118. The molecule has 17 heavy (non-hydrogen) atoms. The number of hydrogen-bond acceptors (Lipinski definition) is 5. The van der Waals surface area contributed by atoms with E-state index < -0.39 is 0 Å². The number of nitrogens with one attached hydrogen (secondary N) is 1. The van der Waals surface area contributed by atoms with Crippen LogP contribution in [0.5, 0.6) is 0 Å². The van der Waals surface area contributed by atoms with Gasteiger partial charge in [0.05, 0.1) is 11.3 Å². The molecular weight excluding hydrogens is 238 g/mol. The molecule has 0 aliphatic carbocycles. The van der Waals surface area contributed by atoms with Crippen LogP contribution in [0.15, 0.2) is 0 Å². The molecule has 0 atom stereocenters. The number of nitrogens with zero attached hydrogens (tertiary/aromatic N) is 1. The monoisotopic (exact) mass is 255 g/mol. The first-order valence-electron chi connectivity index (χ1n) is 5.51. The second kappa shape index (κ2) is 6.34. The van der Waals surface area contributed by atoms with Crippen LogP contribution in [0.25, 0.3) is 0 Å². The summed E-state index contributed by atoms with van der Waals surface area (Å²) in [7, 11) is 0. The Kier molecular flexibility index (Phi) is 5.09. The molecule has 1 rings (SSSR count). The van der Waals surface area contributed by atoms with Gasteiger partial charge in [-0.1, -0.05) is 0 Å². The van der Waals surface area contributed by atoms with E-state index in [9.17, 15) is 9.59 Å². The van der Waals surface area contributed by atoms with Crippen molar-refractivity contribution in [2.75, 3.05) is 11.9 Å². The second-order valence-electron chi connectivity index (χ2n) is 3.88. The van der Waals surface area contributed by atoms with Crippen LogP contribution < -0.4 is 11.1 Å². The largest absolute Gasteiger partial charge is 0.375 e. The van der Waals surface area contributed by atoms with Crippen molar-refractivity contribution < 1.29 is 9.59 Å². The van der Waals surface area contributed by atoms with Crippen LogP contribution in [-0.4, -0.2) is 22.6 Å². The summed E-state index contributed by atoms with van der Waals surface area (Å²) in [5.41, 5.74) is 6.48. The zero-order chi connectivity index (χ0) is 12.8. The van der Waals surface area contributed by atoms with Crippen molar-refractivity contribution in [2.45, 2.75) is 33.1 Å². The van der Waals surface area contributed by atoms with E-state index in [-0.39, 0.29) is 11.7 Å². The Balaban J connectivity index is 2.42. The van der Waals surface area contributed by atoms with Crippen LogP contribution in [0.3, 0.4) is 0 Å². The molecule has 94 valence electrons. The molecule has 1 amide bonds. The zero-order valence-corrected chi connectivity index (χ0v) is 10.9. The van der Waals surface area contributed by atoms with Gasteiger partial charge in [-0.15, -0.1) is 0 Å². The van der Waals surface area contributed by atoms with Crippen molar-refractivity contribution in [3.8, 4) is 0 Å². The van der Waals surface area contributed by atoms with Gasteiger partial charge in [-0.2, -0.15) is 4.37 Å². The van der Waals surface area contributed by atoms with Crippen molar-refractivity contribution in [2.24, 2.45) is 5.73 Å². The molecule has 3 N–H and O–H groups in total. The van der Waals surface area contributed by atoms with Gasteiger partial charge >= 0.3 is 0 Å². The van der Waals surface area contributed by atoms with E-state index in [1.54, 1.807) is 0 Å². The van der Waals surface area contributed by atoms with E-state index in [4.69, 9.17) is 5.73 Å². The molecule has 0 aromatic carbocycles. The molecule has 0 radical (unpaired) electrons. The number of ketones is 1. The Hall–Kier alpha value is -1.43. The van der Waals surface area contributed by atoms with Gasteiger partial charge in [0.1, 0.15) is 5.00 Å². The number of carbonyl (C=O) groups excluding carboxylic acids is 2. The number of hydrogen-bond donors (Lipinski definition) is 2. The molecule has 0 aliphatic rings. The Morgan fingerprint density at radius 2 is 2.12 bits per heavy atom. The molecule has 1 aromatic heterocycles. The number of anilines is 1. The minimum absolute atomic E-state index is 0.0240. The Morgan fingerprint density at radius 3 is 2.71 bits per heavy atom. The average molecular weight is 255 g/mol. The Bertz CT molecular complexity index is 415. The standard InChI is InChI=1S/C11H17N3O2S/c1-7-10(8(2)15)11(17-14-7)13-6-4-3-5-9(12)16/h13H,3-6H2,1-2H3,(H2,12,16). The van der Waals surface area contributed by atoms with Crippen molar-refractivity contribution in [1.29, 1.82) is 0 Å². The number of amides is 1. The molecule has 0 bridgehead atoms. The molecule has 0 saturated carbocycles.